The summed E-state index contributed by atoms with van der Waals surface area (Å²) in [6, 6.07) is 11.4. The summed E-state index contributed by atoms with van der Waals surface area (Å²) >= 11 is 1.56. The highest BCUT2D eigenvalue weighted by atomic mass is 32.1. The maximum absolute atomic E-state index is 5.89. The fourth-order valence-corrected chi connectivity index (χ4v) is 1.93. The number of benzene rings is 1. The van der Waals surface area contributed by atoms with Crippen molar-refractivity contribution in [3.63, 3.8) is 0 Å². The summed E-state index contributed by atoms with van der Waals surface area (Å²) in [6.07, 6.45) is 5.39. The lowest BCUT2D eigenvalue weighted by Crippen LogP contribution is -2.10. The number of hydrogen-bond acceptors (Lipinski definition) is 2. The molecule has 0 saturated carbocycles. The number of terminal acetylenes is 1. The number of para-hydroxylation sites is 1. The first-order valence-electron chi connectivity index (χ1n) is 4.75. The van der Waals surface area contributed by atoms with Gasteiger partial charge >= 0.3 is 0 Å². The van der Waals surface area contributed by atoms with Crippen LogP contribution in [0, 0.1) is 12.3 Å². The van der Waals surface area contributed by atoms with Gasteiger partial charge in [-0.3, -0.25) is 0 Å². The van der Waals surface area contributed by atoms with E-state index in [-0.39, 0.29) is 0 Å². The number of aliphatic imine (C=N–C) groups is 1. The second-order valence-electron chi connectivity index (χ2n) is 3.14. The van der Waals surface area contributed by atoms with Gasteiger partial charge in [-0.2, -0.15) is 0 Å². The molecule has 0 unspecified atom stereocenters. The third kappa shape index (κ3) is 2.13. The van der Waals surface area contributed by atoms with Crippen molar-refractivity contribution in [2.75, 3.05) is 0 Å². The van der Waals surface area contributed by atoms with Gasteiger partial charge in [0.25, 0.3) is 0 Å². The van der Waals surface area contributed by atoms with E-state index in [4.69, 9.17) is 12.2 Å². The van der Waals surface area contributed by atoms with Crippen LogP contribution in [0.1, 0.15) is 10.4 Å². The third-order valence-electron chi connectivity index (χ3n) is 2.07. The van der Waals surface area contributed by atoms with Gasteiger partial charge in [0.15, 0.2) is 0 Å². The fraction of sp³-hybridized carbons (Fsp3) is 0. The predicted molar refractivity (Wildman–Crippen MR) is 69.1 cm³/mol. The zero-order valence-electron chi connectivity index (χ0n) is 8.55. The summed E-state index contributed by atoms with van der Waals surface area (Å²) in [6.45, 7) is 0. The maximum atomic E-state index is 5.89. The van der Waals surface area contributed by atoms with Gasteiger partial charge in [0.1, 0.15) is 5.84 Å². The Balaban J connectivity index is 2.40. The monoisotopic (exact) mass is 226 g/mol. The summed E-state index contributed by atoms with van der Waals surface area (Å²) in [7, 11) is 0. The molecule has 1 aromatic carbocycles. The topological polar surface area (TPSA) is 38.4 Å². The number of rotatable bonds is 2. The standard InChI is InChI=1S/C13H10N2S/c1-2-10-6-3-4-7-11(10)15-13(14)12-8-5-9-16-12/h1,3-9H,(H2,14,15). The molecule has 0 saturated heterocycles. The molecular weight excluding hydrogens is 216 g/mol. The van der Waals surface area contributed by atoms with E-state index in [2.05, 4.69) is 10.9 Å². The van der Waals surface area contributed by atoms with Gasteiger partial charge in [-0.15, -0.1) is 17.8 Å². The largest absolute Gasteiger partial charge is 0.383 e. The lowest BCUT2D eigenvalue weighted by molar-refractivity contribution is 1.45. The molecule has 0 fully saturated rings. The molecule has 0 radical (unpaired) electrons. The van der Waals surface area contributed by atoms with Crippen molar-refractivity contribution in [1.29, 1.82) is 0 Å². The van der Waals surface area contributed by atoms with Crippen molar-refractivity contribution in [1.82, 2.24) is 0 Å². The second kappa shape index (κ2) is 4.65. The Morgan fingerprint density at radius 2 is 2.06 bits per heavy atom. The van der Waals surface area contributed by atoms with E-state index in [1.54, 1.807) is 11.3 Å². The summed E-state index contributed by atoms with van der Waals surface area (Å²) in [5.74, 6) is 3.08. The third-order valence-corrected chi connectivity index (χ3v) is 2.97. The molecule has 0 bridgehead atoms. The summed E-state index contributed by atoms with van der Waals surface area (Å²) in [5, 5.41) is 1.96. The predicted octanol–water partition coefficient (Wildman–Crippen LogP) is 2.77. The Morgan fingerprint density at radius 1 is 1.25 bits per heavy atom. The summed E-state index contributed by atoms with van der Waals surface area (Å²) < 4.78 is 0. The Labute approximate surface area is 98.5 Å². The molecule has 0 atom stereocenters. The van der Waals surface area contributed by atoms with Gasteiger partial charge in [-0.25, -0.2) is 4.99 Å². The molecule has 0 spiro atoms. The molecular formula is C13H10N2S. The zero-order chi connectivity index (χ0) is 11.4. The van der Waals surface area contributed by atoms with Gasteiger partial charge in [-0.05, 0) is 23.6 Å². The van der Waals surface area contributed by atoms with E-state index >= 15 is 0 Å². The Bertz CT molecular complexity index is 548. The molecule has 0 amide bonds. The van der Waals surface area contributed by atoms with Crippen molar-refractivity contribution in [3.8, 4) is 12.3 Å². The van der Waals surface area contributed by atoms with Crippen molar-refractivity contribution in [2.45, 2.75) is 0 Å². The van der Waals surface area contributed by atoms with Crippen molar-refractivity contribution in [3.05, 3.63) is 52.2 Å². The quantitative estimate of drug-likeness (QED) is 0.477. The van der Waals surface area contributed by atoms with Crippen LogP contribution in [0.15, 0.2) is 46.8 Å². The minimum absolute atomic E-state index is 0.498. The number of amidine groups is 1. The number of thiophene rings is 1. The van der Waals surface area contributed by atoms with Crippen LogP contribution in [0.2, 0.25) is 0 Å². The Morgan fingerprint density at radius 3 is 2.75 bits per heavy atom. The van der Waals surface area contributed by atoms with Crippen molar-refractivity contribution < 1.29 is 0 Å². The Hall–Kier alpha value is -2.05. The molecule has 0 aliphatic rings. The lowest BCUT2D eigenvalue weighted by Gasteiger charge is -2.00. The molecule has 1 aromatic heterocycles. The van der Waals surface area contributed by atoms with Gasteiger partial charge in [0, 0.05) is 5.56 Å². The van der Waals surface area contributed by atoms with Gasteiger partial charge in [0.2, 0.25) is 0 Å². The molecule has 2 rings (SSSR count). The van der Waals surface area contributed by atoms with E-state index in [1.807, 2.05) is 41.8 Å². The van der Waals surface area contributed by atoms with E-state index in [0.29, 0.717) is 5.84 Å². The van der Waals surface area contributed by atoms with Crippen molar-refractivity contribution >= 4 is 22.9 Å². The van der Waals surface area contributed by atoms with E-state index in [0.717, 1.165) is 16.1 Å². The fourth-order valence-electron chi connectivity index (χ4n) is 1.30. The maximum Gasteiger partial charge on any atom is 0.141 e. The molecule has 78 valence electrons. The minimum atomic E-state index is 0.498. The highest BCUT2D eigenvalue weighted by Gasteiger charge is 2.01. The van der Waals surface area contributed by atoms with Gasteiger partial charge in [-0.1, -0.05) is 24.1 Å². The van der Waals surface area contributed by atoms with Crippen LogP contribution < -0.4 is 5.73 Å². The summed E-state index contributed by atoms with van der Waals surface area (Å²) in [5.41, 5.74) is 7.37. The van der Waals surface area contributed by atoms with Crippen LogP contribution >= 0.6 is 11.3 Å². The molecule has 3 heteroatoms. The molecule has 2 N–H and O–H groups in total. The highest BCUT2D eigenvalue weighted by Crippen LogP contribution is 2.19. The van der Waals surface area contributed by atoms with Gasteiger partial charge < -0.3 is 5.73 Å². The number of hydrogen-bond donors (Lipinski definition) is 1. The van der Waals surface area contributed by atoms with Crippen LogP contribution in [-0.2, 0) is 0 Å². The smallest absolute Gasteiger partial charge is 0.141 e. The normalized spacial score (nSPS) is 11.1. The van der Waals surface area contributed by atoms with Gasteiger partial charge in [0.05, 0.1) is 10.6 Å². The van der Waals surface area contributed by atoms with Crippen LogP contribution in [0.3, 0.4) is 0 Å². The molecule has 0 aliphatic heterocycles. The lowest BCUT2D eigenvalue weighted by atomic mass is 10.2. The SMILES string of the molecule is C#Cc1ccccc1N=C(N)c1cccs1. The zero-order valence-corrected chi connectivity index (χ0v) is 9.37. The first-order valence-corrected chi connectivity index (χ1v) is 5.63. The second-order valence-corrected chi connectivity index (χ2v) is 4.08. The number of nitrogens with two attached hydrogens (primary N) is 1. The Kier molecular flexibility index (Phi) is 3.04. The minimum Gasteiger partial charge on any atom is -0.383 e. The molecule has 1 heterocycles. The van der Waals surface area contributed by atoms with E-state index in [1.165, 1.54) is 0 Å². The van der Waals surface area contributed by atoms with Crippen LogP contribution in [0.5, 0.6) is 0 Å². The highest BCUT2D eigenvalue weighted by molar-refractivity contribution is 7.12. The molecule has 2 aromatic rings. The van der Waals surface area contributed by atoms with Crippen LogP contribution in [-0.4, -0.2) is 5.84 Å². The summed E-state index contributed by atoms with van der Waals surface area (Å²) in [4.78, 5) is 5.29. The van der Waals surface area contributed by atoms with E-state index < -0.39 is 0 Å². The first-order chi connectivity index (χ1) is 7.81. The first kappa shape index (κ1) is 10.5. The number of nitrogens with zero attached hydrogens (tertiary/aromatic N) is 1. The molecule has 16 heavy (non-hydrogen) atoms. The van der Waals surface area contributed by atoms with Crippen LogP contribution in [0.4, 0.5) is 5.69 Å². The molecule has 2 nitrogen and oxygen atoms in total. The van der Waals surface area contributed by atoms with Crippen molar-refractivity contribution in [2.24, 2.45) is 10.7 Å². The average molecular weight is 226 g/mol. The van der Waals surface area contributed by atoms with Crippen LogP contribution in [0.25, 0.3) is 0 Å². The van der Waals surface area contributed by atoms with E-state index in [9.17, 15) is 0 Å². The molecule has 0 aliphatic carbocycles. The average Bonchev–Trinajstić information content (AvgIpc) is 2.83.